The van der Waals surface area contributed by atoms with E-state index in [0.717, 1.165) is 9.52 Å². The summed E-state index contributed by atoms with van der Waals surface area (Å²) in [4.78, 5) is 0. The average molecular weight is 821 g/mol. The Bertz CT molecular complexity index is 2600. The molecule has 0 saturated carbocycles. The zero-order chi connectivity index (χ0) is 37.3. The van der Waals surface area contributed by atoms with Gasteiger partial charge in [-0.3, -0.25) is 0 Å². The van der Waals surface area contributed by atoms with Crippen LogP contribution in [0.15, 0.2) is 164 Å². The fraction of sp³-hybridized carbons (Fsp3) is 0.102. The van der Waals surface area contributed by atoms with Gasteiger partial charge >= 0.3 is 37.9 Å². The molecule has 2 radical (unpaired) electrons. The maximum absolute atomic E-state index is 4.93. The third kappa shape index (κ3) is 8.69. The van der Waals surface area contributed by atoms with E-state index in [2.05, 4.69) is 198 Å². The minimum atomic E-state index is -0.826. The van der Waals surface area contributed by atoms with E-state index in [1.807, 2.05) is 0 Å². The van der Waals surface area contributed by atoms with Crippen LogP contribution in [0.25, 0.3) is 76.5 Å². The Morgan fingerprint density at radius 3 is 1.53 bits per heavy atom. The first-order valence-corrected chi connectivity index (χ1v) is 26.1. The molecule has 260 valence electrons. The van der Waals surface area contributed by atoms with E-state index in [1.54, 1.807) is 0 Å². The third-order valence-electron chi connectivity index (χ3n) is 9.62. The SMILES string of the molecule is C[Si]C.Cc1cc2c(-c3cccc4ccccc34)ccc(C)c2[cH-]1.Cc1ccccc1-c1cc2c(-c3cccc4ccccc34)cccc2[cH-]1.[Cl][Zr+2][Cl]. The van der Waals surface area contributed by atoms with Crippen LogP contribution in [-0.4, -0.2) is 9.52 Å². The van der Waals surface area contributed by atoms with E-state index in [0.29, 0.717) is 0 Å². The number of aryl methyl sites for hydroxylation is 3. The van der Waals surface area contributed by atoms with Crippen molar-refractivity contribution in [3.63, 3.8) is 0 Å². The molecule has 0 fully saturated rings. The predicted octanol–water partition coefficient (Wildman–Crippen LogP) is 15.5. The van der Waals surface area contributed by atoms with E-state index in [9.17, 15) is 0 Å². The van der Waals surface area contributed by atoms with E-state index in [-0.39, 0.29) is 0 Å². The molecule has 9 rings (SSSR count). The normalized spacial score (nSPS) is 10.5. The molecule has 0 atom stereocenters. The molecule has 0 N–H and O–H groups in total. The molecule has 0 nitrogen and oxygen atoms in total. The first kappa shape index (κ1) is 38.7. The molecule has 9 aromatic rings. The van der Waals surface area contributed by atoms with Crippen molar-refractivity contribution >= 4 is 69.6 Å². The van der Waals surface area contributed by atoms with E-state index < -0.39 is 20.8 Å². The summed E-state index contributed by atoms with van der Waals surface area (Å²) in [6.45, 7) is 10.8. The summed E-state index contributed by atoms with van der Waals surface area (Å²) in [5.74, 6) is 0. The van der Waals surface area contributed by atoms with Crippen molar-refractivity contribution in [1.29, 1.82) is 0 Å². The summed E-state index contributed by atoms with van der Waals surface area (Å²) in [7, 11) is 11.0. The molecule has 0 aliphatic heterocycles. The summed E-state index contributed by atoms with van der Waals surface area (Å²) in [5, 5.41) is 10.6. The first-order valence-electron chi connectivity index (χ1n) is 17.8. The number of fused-ring (bicyclic) bond motifs is 4. The van der Waals surface area contributed by atoms with E-state index in [4.69, 9.17) is 17.0 Å². The van der Waals surface area contributed by atoms with Crippen LogP contribution < -0.4 is 0 Å². The van der Waals surface area contributed by atoms with Gasteiger partial charge in [0.1, 0.15) is 0 Å². The Labute approximate surface area is 335 Å². The van der Waals surface area contributed by atoms with E-state index in [1.165, 1.54) is 93.2 Å². The number of benzene rings is 7. The second-order valence-electron chi connectivity index (χ2n) is 13.3. The molecular formula is C49H42Cl2SiZr. The van der Waals surface area contributed by atoms with Crippen LogP contribution in [0.4, 0.5) is 0 Å². The molecular weight excluding hydrogens is 779 g/mol. The topological polar surface area (TPSA) is 0 Å². The molecule has 4 heteroatoms. The van der Waals surface area contributed by atoms with Crippen LogP contribution in [0.1, 0.15) is 16.7 Å². The predicted molar refractivity (Wildman–Crippen MR) is 234 cm³/mol. The zero-order valence-electron chi connectivity index (χ0n) is 30.8. The second kappa shape index (κ2) is 18.3. The van der Waals surface area contributed by atoms with Crippen molar-refractivity contribution < 1.29 is 20.8 Å². The molecule has 0 unspecified atom stereocenters. The number of halogens is 2. The fourth-order valence-corrected chi connectivity index (χ4v) is 7.27. The van der Waals surface area contributed by atoms with Gasteiger partial charge in [-0.1, -0.05) is 177 Å². The molecule has 0 aliphatic rings. The van der Waals surface area contributed by atoms with Crippen molar-refractivity contribution in [2.24, 2.45) is 0 Å². The Balaban J connectivity index is 0.000000161. The van der Waals surface area contributed by atoms with Crippen LogP contribution >= 0.6 is 17.0 Å². The molecule has 9 aromatic carbocycles. The summed E-state index contributed by atoms with van der Waals surface area (Å²) in [5.41, 5.74) is 11.9. The van der Waals surface area contributed by atoms with Gasteiger partial charge in [0.2, 0.25) is 0 Å². The summed E-state index contributed by atoms with van der Waals surface area (Å²) in [6, 6.07) is 59.4. The van der Waals surface area contributed by atoms with Gasteiger partial charge in [0, 0.05) is 9.52 Å². The molecule has 0 saturated heterocycles. The van der Waals surface area contributed by atoms with Crippen molar-refractivity contribution in [3.8, 4) is 33.4 Å². The molecule has 0 spiro atoms. The summed E-state index contributed by atoms with van der Waals surface area (Å²) < 4.78 is 0. The van der Waals surface area contributed by atoms with Crippen molar-refractivity contribution in [3.05, 3.63) is 180 Å². The standard InChI is InChI=1S/C26H19.C21H17.C2H6Si.2ClH.Zr/c1-18-8-2-4-12-22(18)21-16-20-11-7-15-25(26(20)17-21)24-14-6-10-19-9-3-5-13-23(19)24;1-14-12-20-15(2)10-11-19(21(20)13-14)18-9-5-7-16-6-3-4-8-17(16)18;1-3-2;;;/h2-17H,1H3;3-13H,1-2H3;1-2H3;2*1H;/q2*-1;;;;+4/p-2. The number of hydrogen-bond acceptors (Lipinski definition) is 0. The Kier molecular flexibility index (Phi) is 13.4. The average Bonchev–Trinajstić information content (AvgIpc) is 3.80. The Morgan fingerprint density at radius 2 is 0.925 bits per heavy atom. The number of rotatable bonds is 3. The van der Waals surface area contributed by atoms with Gasteiger partial charge < -0.3 is 0 Å². The van der Waals surface area contributed by atoms with Gasteiger partial charge in [0.05, 0.1) is 0 Å². The van der Waals surface area contributed by atoms with Gasteiger partial charge in [-0.2, -0.15) is 6.07 Å². The first-order chi connectivity index (χ1) is 25.9. The third-order valence-corrected chi connectivity index (χ3v) is 9.62. The Hall–Kier alpha value is -4.04. The molecule has 53 heavy (non-hydrogen) atoms. The van der Waals surface area contributed by atoms with E-state index >= 15 is 0 Å². The minimum absolute atomic E-state index is 0.826. The monoisotopic (exact) mass is 818 g/mol. The zero-order valence-corrected chi connectivity index (χ0v) is 35.8. The molecule has 0 amide bonds. The van der Waals surface area contributed by atoms with Gasteiger partial charge in [-0.25, -0.2) is 0 Å². The van der Waals surface area contributed by atoms with Crippen molar-refractivity contribution in [2.45, 2.75) is 33.9 Å². The molecule has 0 heterocycles. The molecule has 0 aliphatic carbocycles. The van der Waals surface area contributed by atoms with Crippen molar-refractivity contribution in [1.82, 2.24) is 0 Å². The maximum atomic E-state index is 4.93. The van der Waals surface area contributed by atoms with Crippen molar-refractivity contribution in [2.75, 3.05) is 0 Å². The quantitative estimate of drug-likeness (QED) is 0.123. The number of hydrogen-bond donors (Lipinski definition) is 0. The fourth-order valence-electron chi connectivity index (χ4n) is 7.27. The van der Waals surface area contributed by atoms with Gasteiger partial charge in [0.15, 0.2) is 0 Å². The van der Waals surface area contributed by atoms with Gasteiger partial charge in [0.25, 0.3) is 0 Å². The van der Waals surface area contributed by atoms with Crippen LogP contribution in [-0.2, 0) is 20.8 Å². The van der Waals surface area contributed by atoms with Gasteiger partial charge in [-0.15, -0.1) is 68.6 Å². The van der Waals surface area contributed by atoms with Crippen LogP contribution in [0.3, 0.4) is 0 Å². The summed E-state index contributed by atoms with van der Waals surface area (Å²) >= 11 is -0.826. The summed E-state index contributed by atoms with van der Waals surface area (Å²) in [6.07, 6.45) is 0. The molecule has 0 aromatic heterocycles. The molecule has 0 bridgehead atoms. The van der Waals surface area contributed by atoms with Crippen LogP contribution in [0.2, 0.25) is 13.1 Å². The Morgan fingerprint density at radius 1 is 0.453 bits per heavy atom. The second-order valence-corrected chi connectivity index (χ2v) is 18.0. The van der Waals surface area contributed by atoms with Crippen LogP contribution in [0.5, 0.6) is 0 Å². The van der Waals surface area contributed by atoms with Crippen LogP contribution in [0, 0.1) is 20.8 Å². The van der Waals surface area contributed by atoms with Gasteiger partial charge in [-0.05, 0) is 39.6 Å².